The zero-order chi connectivity index (χ0) is 13.4. The minimum atomic E-state index is -3.97. The predicted molar refractivity (Wildman–Crippen MR) is 64.3 cm³/mol. The van der Waals surface area contributed by atoms with Crippen LogP contribution < -0.4 is 0 Å². The van der Waals surface area contributed by atoms with Crippen molar-refractivity contribution >= 4 is 7.82 Å². The molecule has 0 aliphatic carbocycles. The summed E-state index contributed by atoms with van der Waals surface area (Å²) < 4.78 is 26.1. The van der Waals surface area contributed by atoms with Gasteiger partial charge in [-0.3, -0.25) is 4.52 Å². The molecular weight excluding hydrogens is 259 g/mol. The molecule has 7 heteroatoms. The van der Waals surface area contributed by atoms with Gasteiger partial charge in [0.05, 0.1) is 14.2 Å². The van der Waals surface area contributed by atoms with Gasteiger partial charge in [-0.1, -0.05) is 36.4 Å². The molecule has 1 atom stereocenters. The molecule has 0 N–H and O–H groups in total. The summed E-state index contributed by atoms with van der Waals surface area (Å²) in [5.74, 6) is 0. The highest BCUT2D eigenvalue weighted by Crippen LogP contribution is 2.53. The zero-order valence-electron chi connectivity index (χ0n) is 10.1. The van der Waals surface area contributed by atoms with Crippen molar-refractivity contribution in [1.82, 2.24) is 0 Å². The van der Waals surface area contributed by atoms with Gasteiger partial charge in [-0.25, -0.2) is 14.3 Å². The van der Waals surface area contributed by atoms with Crippen LogP contribution in [0.2, 0.25) is 0 Å². The van der Waals surface area contributed by atoms with Crippen molar-refractivity contribution in [2.24, 2.45) is 0 Å². The number of hydrogen-bond acceptors (Lipinski definition) is 6. The van der Waals surface area contributed by atoms with Crippen molar-refractivity contribution in [3.63, 3.8) is 0 Å². The Morgan fingerprint density at radius 2 is 1.72 bits per heavy atom. The Kier molecular flexibility index (Phi) is 6.21. The van der Waals surface area contributed by atoms with E-state index in [1.54, 1.807) is 12.1 Å². The van der Waals surface area contributed by atoms with Crippen molar-refractivity contribution < 1.29 is 28.2 Å². The van der Waals surface area contributed by atoms with E-state index in [-0.39, 0.29) is 0 Å². The molecule has 6 nitrogen and oxygen atoms in total. The summed E-state index contributed by atoms with van der Waals surface area (Å²) in [6, 6.07) is 9.05. The number of rotatable bonds is 8. The summed E-state index contributed by atoms with van der Waals surface area (Å²) in [5, 5.41) is 0. The monoisotopic (exact) mass is 274 g/mol. The van der Waals surface area contributed by atoms with Gasteiger partial charge < -0.3 is 0 Å². The van der Waals surface area contributed by atoms with Crippen LogP contribution in [0.4, 0.5) is 0 Å². The maximum absolute atomic E-state index is 12.0. The van der Waals surface area contributed by atoms with Crippen molar-refractivity contribution in [2.45, 2.75) is 6.10 Å². The quantitative estimate of drug-likeness (QED) is 0.314. The molecule has 0 amide bonds. The van der Waals surface area contributed by atoms with Gasteiger partial charge in [-0.15, -0.1) is 15.9 Å². The summed E-state index contributed by atoms with van der Waals surface area (Å²) in [4.78, 5) is 8.63. The van der Waals surface area contributed by atoms with E-state index in [9.17, 15) is 4.57 Å². The SMILES string of the molecule is C=CC(OP(=O)(OOC)OOC)c1ccccc1. The van der Waals surface area contributed by atoms with Gasteiger partial charge in [-0.2, -0.15) is 0 Å². The fraction of sp³-hybridized carbons (Fsp3) is 0.273. The average molecular weight is 274 g/mol. The van der Waals surface area contributed by atoms with Crippen LogP contribution in [0.5, 0.6) is 0 Å². The fourth-order valence-electron chi connectivity index (χ4n) is 1.25. The Hall–Kier alpha value is -1.01. The molecule has 1 aromatic carbocycles. The van der Waals surface area contributed by atoms with Gasteiger partial charge in [0.2, 0.25) is 0 Å². The molecule has 0 saturated heterocycles. The predicted octanol–water partition coefficient (Wildman–Crippen LogP) is 3.19. The molecule has 0 aliphatic rings. The zero-order valence-corrected chi connectivity index (χ0v) is 11.0. The minimum absolute atomic E-state index is 0.678. The van der Waals surface area contributed by atoms with Gasteiger partial charge in [0.1, 0.15) is 6.10 Å². The van der Waals surface area contributed by atoms with Gasteiger partial charge >= 0.3 is 7.82 Å². The number of phosphoric acid groups is 1. The Bertz CT molecular complexity index is 397. The van der Waals surface area contributed by atoms with Gasteiger partial charge in [0.25, 0.3) is 0 Å². The molecule has 0 saturated carbocycles. The van der Waals surface area contributed by atoms with E-state index in [2.05, 4.69) is 25.7 Å². The van der Waals surface area contributed by atoms with E-state index < -0.39 is 13.9 Å². The average Bonchev–Trinajstić information content (AvgIpc) is 2.38. The van der Waals surface area contributed by atoms with Crippen LogP contribution in [0.15, 0.2) is 43.0 Å². The van der Waals surface area contributed by atoms with Crippen LogP contribution in [-0.2, 0) is 28.2 Å². The normalized spacial score (nSPS) is 13.2. The maximum Gasteiger partial charge on any atom is 0.530 e. The summed E-state index contributed by atoms with van der Waals surface area (Å²) >= 11 is 0. The topological polar surface area (TPSA) is 63.2 Å². The highest BCUT2D eigenvalue weighted by molar-refractivity contribution is 7.48. The molecule has 1 aromatic rings. The molecule has 18 heavy (non-hydrogen) atoms. The molecule has 0 radical (unpaired) electrons. The van der Waals surface area contributed by atoms with E-state index in [1.807, 2.05) is 18.2 Å². The standard InChI is InChI=1S/C11H15O6P/c1-4-11(10-8-6-5-7-9-10)15-18(12,16-13-2)17-14-3/h4-9,11H,1H2,2-3H3. The summed E-state index contributed by atoms with van der Waals surface area (Å²) in [5.41, 5.74) is 0.743. The fourth-order valence-corrected chi connectivity index (χ4v) is 2.20. The van der Waals surface area contributed by atoms with Crippen LogP contribution in [0.3, 0.4) is 0 Å². The van der Waals surface area contributed by atoms with E-state index in [0.717, 1.165) is 5.56 Å². The molecule has 0 heterocycles. The second-order valence-electron chi connectivity index (χ2n) is 3.10. The Balaban J connectivity index is 2.84. The number of hydrogen-bond donors (Lipinski definition) is 0. The first-order chi connectivity index (χ1) is 8.65. The molecule has 0 aliphatic heterocycles. The second kappa shape index (κ2) is 7.43. The Labute approximate surface area is 106 Å². The molecule has 1 rings (SSSR count). The summed E-state index contributed by atoms with van der Waals surface area (Å²) in [7, 11) is -1.61. The molecule has 0 aromatic heterocycles. The number of benzene rings is 1. The largest absolute Gasteiger partial charge is 0.530 e. The summed E-state index contributed by atoms with van der Waals surface area (Å²) in [6.07, 6.45) is 0.780. The van der Waals surface area contributed by atoms with Crippen LogP contribution in [-0.4, -0.2) is 14.2 Å². The second-order valence-corrected chi connectivity index (χ2v) is 4.51. The first kappa shape index (κ1) is 15.0. The minimum Gasteiger partial charge on any atom is -0.271 e. The smallest absolute Gasteiger partial charge is 0.271 e. The van der Waals surface area contributed by atoms with Crippen molar-refractivity contribution in [1.29, 1.82) is 0 Å². The van der Waals surface area contributed by atoms with E-state index in [1.165, 1.54) is 20.3 Å². The lowest BCUT2D eigenvalue weighted by Gasteiger charge is -2.19. The Morgan fingerprint density at radius 1 is 1.17 bits per heavy atom. The van der Waals surface area contributed by atoms with Crippen LogP contribution in [0.1, 0.15) is 11.7 Å². The van der Waals surface area contributed by atoms with Gasteiger partial charge in [-0.05, 0) is 5.56 Å². The van der Waals surface area contributed by atoms with Gasteiger partial charge in [0.15, 0.2) is 0 Å². The highest BCUT2D eigenvalue weighted by Gasteiger charge is 2.33. The van der Waals surface area contributed by atoms with E-state index in [4.69, 9.17) is 4.52 Å². The van der Waals surface area contributed by atoms with Crippen LogP contribution >= 0.6 is 7.82 Å². The third kappa shape index (κ3) is 4.34. The van der Waals surface area contributed by atoms with Gasteiger partial charge in [0, 0.05) is 0 Å². The third-order valence-corrected chi connectivity index (χ3v) is 3.07. The van der Waals surface area contributed by atoms with Crippen molar-refractivity contribution in [3.8, 4) is 0 Å². The van der Waals surface area contributed by atoms with Crippen molar-refractivity contribution in [2.75, 3.05) is 14.2 Å². The molecular formula is C11H15O6P. The lowest BCUT2D eigenvalue weighted by molar-refractivity contribution is -0.260. The van der Waals surface area contributed by atoms with Crippen molar-refractivity contribution in [3.05, 3.63) is 48.6 Å². The van der Waals surface area contributed by atoms with Crippen LogP contribution in [0, 0.1) is 0 Å². The molecule has 0 spiro atoms. The molecule has 0 fully saturated rings. The Morgan fingerprint density at radius 3 is 2.17 bits per heavy atom. The highest BCUT2D eigenvalue weighted by atomic mass is 31.2. The summed E-state index contributed by atoms with van der Waals surface area (Å²) in [6.45, 7) is 3.60. The molecule has 0 bridgehead atoms. The van der Waals surface area contributed by atoms with E-state index >= 15 is 0 Å². The van der Waals surface area contributed by atoms with E-state index in [0.29, 0.717) is 0 Å². The molecule has 1 unspecified atom stereocenters. The lowest BCUT2D eigenvalue weighted by atomic mass is 10.1. The third-order valence-electron chi connectivity index (χ3n) is 1.92. The first-order valence-corrected chi connectivity index (χ1v) is 6.52. The first-order valence-electron chi connectivity index (χ1n) is 5.06. The van der Waals surface area contributed by atoms with Crippen LogP contribution in [0.25, 0.3) is 0 Å². The lowest BCUT2D eigenvalue weighted by Crippen LogP contribution is -2.04. The molecule has 100 valence electrons. The maximum atomic E-state index is 12.0.